The molecule has 0 heterocycles. The fraction of sp³-hybridized carbons (Fsp3) is 0. The number of phenols is 2. The summed E-state index contributed by atoms with van der Waals surface area (Å²) in [5, 5.41) is 17.3. The first kappa shape index (κ1) is 17.8. The molecule has 0 saturated carbocycles. The minimum absolute atomic E-state index is 0. The Balaban J connectivity index is -0.000000213. The van der Waals surface area contributed by atoms with Crippen LogP contribution in [-0.2, 0) is 5.48 Å². The van der Waals surface area contributed by atoms with Crippen molar-refractivity contribution in [3.63, 3.8) is 0 Å². The van der Waals surface area contributed by atoms with Crippen molar-refractivity contribution in [2.45, 2.75) is 0 Å². The Morgan fingerprint density at radius 1 is 0.727 bits per heavy atom. The molecule has 5 heteroatoms. The molecule has 0 bridgehead atoms. The maximum absolute atomic E-state index is 8.65. The Morgan fingerprint density at radius 2 is 0.909 bits per heavy atom. The molecule has 1 aromatic rings. The van der Waals surface area contributed by atoms with Gasteiger partial charge in [0.05, 0.1) is 0 Å². The van der Waals surface area contributed by atoms with E-state index in [0.717, 1.165) is 0 Å². The Bertz CT molecular complexity index is 155. The van der Waals surface area contributed by atoms with Gasteiger partial charge in [0.15, 0.2) is 0 Å². The van der Waals surface area contributed by atoms with Crippen molar-refractivity contribution in [1.82, 2.24) is 0 Å². The number of phenolic OH excluding ortho intramolecular Hbond substituents is 2. The molecule has 0 aromatic heterocycles. The fourth-order valence-electron chi connectivity index (χ4n) is 0.453. The molecule has 0 saturated heterocycles. The zero-order chi connectivity index (χ0) is 5.98. The molecule has 0 radical (unpaired) electrons. The van der Waals surface area contributed by atoms with Gasteiger partial charge in [-0.2, -0.15) is 0 Å². The minimum Gasteiger partial charge on any atom is -2.00 e. The van der Waals surface area contributed by atoms with Gasteiger partial charge in [0.2, 0.25) is 0 Å². The van der Waals surface area contributed by atoms with E-state index in [2.05, 4.69) is 0 Å². The van der Waals surface area contributed by atoms with Crippen molar-refractivity contribution in [2.75, 3.05) is 0 Å². The van der Waals surface area contributed by atoms with Crippen LogP contribution in [0.4, 0.5) is 0 Å². The van der Waals surface area contributed by atoms with Crippen LogP contribution >= 0.6 is 0 Å². The number of rotatable bonds is 0. The van der Waals surface area contributed by atoms with E-state index in [1.165, 1.54) is 24.3 Å². The summed E-state index contributed by atoms with van der Waals surface area (Å²) in [6.07, 6.45) is 0. The van der Waals surface area contributed by atoms with Gasteiger partial charge in [0, 0.05) is 0 Å². The smallest absolute Gasteiger partial charge is 1.00 e. The van der Waals surface area contributed by atoms with E-state index in [-0.39, 0.29) is 76.1 Å². The monoisotopic (exact) mass is 172 g/mol. The van der Waals surface area contributed by atoms with Gasteiger partial charge in [-0.15, -0.1) is 0 Å². The van der Waals surface area contributed by atoms with E-state index < -0.39 is 0 Å². The van der Waals surface area contributed by atoms with Gasteiger partial charge in [-0.3, -0.25) is 0 Å². The molecule has 50 valence electrons. The van der Waals surface area contributed by atoms with Crippen LogP contribution in [0.1, 0.15) is 0 Å². The van der Waals surface area contributed by atoms with Gasteiger partial charge in [-0.25, -0.2) is 0 Å². The molecular formula is C6H6Na2O3. The Hall–Kier alpha value is 0.780. The summed E-state index contributed by atoms with van der Waals surface area (Å²) in [5.41, 5.74) is 0. The van der Waals surface area contributed by atoms with E-state index in [1.807, 2.05) is 0 Å². The third-order valence-electron chi connectivity index (χ3n) is 0.850. The number of hydrogen-bond donors (Lipinski definition) is 2. The van der Waals surface area contributed by atoms with Crippen molar-refractivity contribution in [3.05, 3.63) is 24.3 Å². The van der Waals surface area contributed by atoms with Crippen molar-refractivity contribution in [1.29, 1.82) is 0 Å². The van der Waals surface area contributed by atoms with Gasteiger partial charge < -0.3 is 15.7 Å². The fourth-order valence-corrected chi connectivity index (χ4v) is 0.453. The first-order valence-electron chi connectivity index (χ1n) is 2.27. The standard InChI is InChI=1S/C6H6O2.2Na.O/c7-5-1-2-6(8)4-3-5;;;/h1-4,7-8H;;;/q;2*+1;-2. The number of hydrogen-bond acceptors (Lipinski definition) is 2. The van der Waals surface area contributed by atoms with Gasteiger partial charge in [0.25, 0.3) is 0 Å². The molecule has 0 unspecified atom stereocenters. The summed E-state index contributed by atoms with van der Waals surface area (Å²) in [6, 6.07) is 5.70. The van der Waals surface area contributed by atoms with Gasteiger partial charge in [-0.05, 0) is 24.3 Å². The molecule has 0 aliphatic carbocycles. The molecule has 1 aromatic carbocycles. The predicted molar refractivity (Wildman–Crippen MR) is 30.5 cm³/mol. The van der Waals surface area contributed by atoms with Crippen LogP contribution in [0, 0.1) is 0 Å². The molecule has 0 spiro atoms. The Kier molecular flexibility index (Phi) is 14.3. The summed E-state index contributed by atoms with van der Waals surface area (Å²) < 4.78 is 0. The van der Waals surface area contributed by atoms with Crippen LogP contribution in [0.3, 0.4) is 0 Å². The molecule has 0 atom stereocenters. The number of benzene rings is 1. The number of aromatic hydroxyl groups is 2. The van der Waals surface area contributed by atoms with Crippen LogP contribution < -0.4 is 59.1 Å². The average Bonchev–Trinajstić information content (AvgIpc) is 1.77. The Morgan fingerprint density at radius 3 is 1.09 bits per heavy atom. The van der Waals surface area contributed by atoms with E-state index in [1.54, 1.807) is 0 Å². The molecule has 1 rings (SSSR count). The third kappa shape index (κ3) is 7.15. The molecule has 0 amide bonds. The molecule has 0 fully saturated rings. The van der Waals surface area contributed by atoms with Gasteiger partial charge >= 0.3 is 59.1 Å². The first-order valence-corrected chi connectivity index (χ1v) is 2.27. The van der Waals surface area contributed by atoms with Crippen molar-refractivity contribution < 1.29 is 74.8 Å². The van der Waals surface area contributed by atoms with Crippen molar-refractivity contribution in [2.24, 2.45) is 0 Å². The van der Waals surface area contributed by atoms with E-state index >= 15 is 0 Å². The molecule has 0 aliphatic rings. The molecule has 0 aliphatic heterocycles. The SMILES string of the molecule is Oc1ccc(O)cc1.[Na+].[Na+].[O-2]. The second-order valence-corrected chi connectivity index (χ2v) is 1.52. The third-order valence-corrected chi connectivity index (χ3v) is 0.850. The summed E-state index contributed by atoms with van der Waals surface area (Å²) >= 11 is 0. The quantitative estimate of drug-likeness (QED) is 0.304. The predicted octanol–water partition coefficient (Wildman–Crippen LogP) is -5.01. The molecular weight excluding hydrogens is 166 g/mol. The van der Waals surface area contributed by atoms with Crippen molar-refractivity contribution in [3.8, 4) is 11.5 Å². The second kappa shape index (κ2) is 8.87. The van der Waals surface area contributed by atoms with Crippen LogP contribution in [-0.4, -0.2) is 10.2 Å². The van der Waals surface area contributed by atoms with Crippen LogP contribution in [0.2, 0.25) is 0 Å². The minimum atomic E-state index is 0. The maximum Gasteiger partial charge on any atom is 1.00 e. The summed E-state index contributed by atoms with van der Waals surface area (Å²) in [5.74, 6) is 0.339. The maximum atomic E-state index is 8.65. The summed E-state index contributed by atoms with van der Waals surface area (Å²) in [7, 11) is 0. The Labute approximate surface area is 109 Å². The molecule has 11 heavy (non-hydrogen) atoms. The zero-order valence-electron chi connectivity index (χ0n) is 6.61. The van der Waals surface area contributed by atoms with Crippen LogP contribution in [0.25, 0.3) is 0 Å². The first-order chi connectivity index (χ1) is 3.79. The molecule has 2 N–H and O–H groups in total. The summed E-state index contributed by atoms with van der Waals surface area (Å²) in [4.78, 5) is 0. The van der Waals surface area contributed by atoms with Gasteiger partial charge in [-0.1, -0.05) is 0 Å². The van der Waals surface area contributed by atoms with E-state index in [9.17, 15) is 0 Å². The summed E-state index contributed by atoms with van der Waals surface area (Å²) in [6.45, 7) is 0. The van der Waals surface area contributed by atoms with Crippen molar-refractivity contribution >= 4 is 0 Å². The zero-order valence-corrected chi connectivity index (χ0v) is 10.6. The normalized spacial score (nSPS) is 6.55. The van der Waals surface area contributed by atoms with Crippen LogP contribution in [0.15, 0.2) is 24.3 Å². The topological polar surface area (TPSA) is 69.0 Å². The average molecular weight is 172 g/mol. The van der Waals surface area contributed by atoms with E-state index in [0.29, 0.717) is 0 Å². The largest absolute Gasteiger partial charge is 2.00 e. The van der Waals surface area contributed by atoms with Crippen LogP contribution in [0.5, 0.6) is 11.5 Å². The van der Waals surface area contributed by atoms with E-state index in [4.69, 9.17) is 10.2 Å². The second-order valence-electron chi connectivity index (χ2n) is 1.52. The van der Waals surface area contributed by atoms with Gasteiger partial charge in [0.1, 0.15) is 11.5 Å². The molecule has 3 nitrogen and oxygen atoms in total.